The molecule has 4 N–H and O–H groups in total. The fourth-order valence-corrected chi connectivity index (χ4v) is 2.20. The van der Waals surface area contributed by atoms with E-state index in [1.165, 1.54) is 12.1 Å². The Labute approximate surface area is 122 Å². The summed E-state index contributed by atoms with van der Waals surface area (Å²) in [5.74, 6) is -0.675. The Kier molecular flexibility index (Phi) is 5.60. The van der Waals surface area contributed by atoms with Crippen molar-refractivity contribution in [3.05, 3.63) is 28.8 Å². The second kappa shape index (κ2) is 6.75. The number of nitrogens with one attached hydrogen (secondary N) is 2. The van der Waals surface area contributed by atoms with Gasteiger partial charge in [-0.05, 0) is 37.6 Å². The smallest absolute Gasteiger partial charge is 0.250 e. The molecule has 104 valence electrons. The molecule has 19 heavy (non-hydrogen) atoms. The van der Waals surface area contributed by atoms with Crippen LogP contribution in [0.4, 0.5) is 5.69 Å². The van der Waals surface area contributed by atoms with Gasteiger partial charge in [0.05, 0.1) is 16.6 Å². The molecule has 2 rings (SSSR count). The zero-order chi connectivity index (χ0) is 13.1. The van der Waals surface area contributed by atoms with E-state index in [1.807, 2.05) is 0 Å². The van der Waals surface area contributed by atoms with Crippen molar-refractivity contribution in [3.8, 4) is 0 Å². The van der Waals surface area contributed by atoms with Crippen molar-refractivity contribution in [2.24, 2.45) is 5.73 Å². The first-order valence-corrected chi connectivity index (χ1v) is 6.09. The molecule has 1 saturated heterocycles. The highest BCUT2D eigenvalue weighted by Gasteiger charge is 2.22. The lowest BCUT2D eigenvalue weighted by atomic mass is 10.1. The first kappa shape index (κ1) is 15.8. The van der Waals surface area contributed by atoms with Crippen LogP contribution in [0.3, 0.4) is 0 Å². The Morgan fingerprint density at radius 1 is 1.42 bits per heavy atom. The molecule has 0 radical (unpaired) electrons. The molecule has 5 nitrogen and oxygen atoms in total. The van der Waals surface area contributed by atoms with Crippen LogP contribution < -0.4 is 16.4 Å². The van der Waals surface area contributed by atoms with Crippen molar-refractivity contribution in [2.75, 3.05) is 11.9 Å². The summed E-state index contributed by atoms with van der Waals surface area (Å²) in [6, 6.07) is 4.48. The summed E-state index contributed by atoms with van der Waals surface area (Å²) in [6.07, 6.45) is 1.83. The predicted molar refractivity (Wildman–Crippen MR) is 76.9 cm³/mol. The Morgan fingerprint density at radius 3 is 2.68 bits per heavy atom. The molecule has 1 fully saturated rings. The fraction of sp³-hybridized carbons (Fsp3) is 0.333. The van der Waals surface area contributed by atoms with E-state index in [0.29, 0.717) is 5.69 Å². The maximum Gasteiger partial charge on any atom is 0.250 e. The lowest BCUT2D eigenvalue weighted by molar-refractivity contribution is -0.117. The van der Waals surface area contributed by atoms with E-state index in [-0.39, 0.29) is 34.9 Å². The van der Waals surface area contributed by atoms with E-state index < -0.39 is 5.91 Å². The van der Waals surface area contributed by atoms with Crippen LogP contribution in [0.2, 0.25) is 5.02 Å². The van der Waals surface area contributed by atoms with Gasteiger partial charge >= 0.3 is 0 Å². The summed E-state index contributed by atoms with van der Waals surface area (Å²) >= 11 is 5.90. The minimum atomic E-state index is -0.588. The number of nitrogens with two attached hydrogens (primary N) is 1. The quantitative estimate of drug-likeness (QED) is 0.792. The van der Waals surface area contributed by atoms with Crippen molar-refractivity contribution in [3.63, 3.8) is 0 Å². The molecule has 0 aromatic heterocycles. The molecule has 1 aliphatic rings. The number of anilines is 1. The Morgan fingerprint density at radius 2 is 2.16 bits per heavy atom. The third-order valence-corrected chi connectivity index (χ3v) is 3.19. The highest BCUT2D eigenvalue weighted by Crippen LogP contribution is 2.21. The summed E-state index contributed by atoms with van der Waals surface area (Å²) in [7, 11) is 0. The highest BCUT2D eigenvalue weighted by molar-refractivity contribution is 6.34. The zero-order valence-electron chi connectivity index (χ0n) is 10.1. The van der Waals surface area contributed by atoms with E-state index in [1.54, 1.807) is 6.07 Å². The lowest BCUT2D eigenvalue weighted by Crippen LogP contribution is -2.35. The fourth-order valence-electron chi connectivity index (χ4n) is 1.93. The van der Waals surface area contributed by atoms with Crippen LogP contribution in [0, 0.1) is 0 Å². The minimum absolute atomic E-state index is 0. The number of hydrogen-bond donors (Lipinski definition) is 3. The zero-order valence-corrected chi connectivity index (χ0v) is 11.7. The van der Waals surface area contributed by atoms with E-state index >= 15 is 0 Å². The first-order chi connectivity index (χ1) is 8.58. The van der Waals surface area contributed by atoms with Gasteiger partial charge in [0, 0.05) is 5.69 Å². The topological polar surface area (TPSA) is 84.2 Å². The molecule has 2 amide bonds. The predicted octanol–water partition coefficient (Wildman–Crippen LogP) is 1.55. The van der Waals surface area contributed by atoms with Gasteiger partial charge in [0.25, 0.3) is 0 Å². The van der Waals surface area contributed by atoms with Crippen LogP contribution in [-0.2, 0) is 4.79 Å². The number of halogens is 2. The van der Waals surface area contributed by atoms with Gasteiger partial charge in [-0.2, -0.15) is 0 Å². The number of primary amides is 1. The van der Waals surface area contributed by atoms with E-state index in [9.17, 15) is 9.59 Å². The number of amides is 2. The largest absolute Gasteiger partial charge is 0.366 e. The molecule has 1 aromatic rings. The molecule has 0 bridgehead atoms. The third-order valence-electron chi connectivity index (χ3n) is 2.88. The molecular formula is C12H15Cl2N3O2. The van der Waals surface area contributed by atoms with Crippen LogP contribution in [-0.4, -0.2) is 24.4 Å². The maximum absolute atomic E-state index is 11.8. The average Bonchev–Trinajstić information content (AvgIpc) is 2.81. The molecule has 0 saturated carbocycles. The summed E-state index contributed by atoms with van der Waals surface area (Å²) < 4.78 is 0. The second-order valence-electron chi connectivity index (χ2n) is 4.20. The van der Waals surface area contributed by atoms with Crippen molar-refractivity contribution in [2.45, 2.75) is 18.9 Å². The maximum atomic E-state index is 11.8. The van der Waals surface area contributed by atoms with Crippen molar-refractivity contribution < 1.29 is 9.59 Å². The van der Waals surface area contributed by atoms with E-state index in [2.05, 4.69) is 10.6 Å². The van der Waals surface area contributed by atoms with Gasteiger partial charge in [0.15, 0.2) is 0 Å². The van der Waals surface area contributed by atoms with Gasteiger partial charge in [-0.25, -0.2) is 0 Å². The van der Waals surface area contributed by atoms with Crippen LogP contribution in [0.25, 0.3) is 0 Å². The molecule has 1 unspecified atom stereocenters. The molecule has 1 heterocycles. The van der Waals surface area contributed by atoms with E-state index in [4.69, 9.17) is 17.3 Å². The molecule has 1 aromatic carbocycles. The molecule has 0 spiro atoms. The molecule has 1 aliphatic heterocycles. The molecule has 1 atom stereocenters. The number of carbonyl (C=O) groups excluding carboxylic acids is 2. The van der Waals surface area contributed by atoms with Crippen molar-refractivity contribution in [1.29, 1.82) is 0 Å². The summed E-state index contributed by atoms with van der Waals surface area (Å²) in [5, 5.41) is 6.09. The van der Waals surface area contributed by atoms with Gasteiger partial charge in [-0.3, -0.25) is 9.59 Å². The summed E-state index contributed by atoms with van der Waals surface area (Å²) in [4.78, 5) is 22.8. The molecule has 7 heteroatoms. The SMILES string of the molecule is Cl.NC(=O)c1ccc(NC(=O)C2CCCN2)cc1Cl. The molecular weight excluding hydrogens is 289 g/mol. The van der Waals surface area contributed by atoms with Crippen molar-refractivity contribution >= 4 is 41.5 Å². The Bertz CT molecular complexity index is 488. The lowest BCUT2D eigenvalue weighted by Gasteiger charge is -2.11. The van der Waals surface area contributed by atoms with Gasteiger partial charge in [-0.1, -0.05) is 11.6 Å². The molecule has 0 aliphatic carbocycles. The van der Waals surface area contributed by atoms with Gasteiger partial charge < -0.3 is 16.4 Å². The van der Waals surface area contributed by atoms with Gasteiger partial charge in [0.2, 0.25) is 11.8 Å². The standard InChI is InChI=1S/C12H14ClN3O2.ClH/c13-9-6-7(3-4-8(9)11(14)17)16-12(18)10-2-1-5-15-10;/h3-4,6,10,15H,1-2,5H2,(H2,14,17)(H,16,18);1H. The van der Waals surface area contributed by atoms with E-state index in [0.717, 1.165) is 19.4 Å². The van der Waals surface area contributed by atoms with Crippen LogP contribution in [0.15, 0.2) is 18.2 Å². The van der Waals surface area contributed by atoms with Gasteiger partial charge in [0.1, 0.15) is 0 Å². The summed E-state index contributed by atoms with van der Waals surface area (Å²) in [5.41, 5.74) is 5.95. The summed E-state index contributed by atoms with van der Waals surface area (Å²) in [6.45, 7) is 0.861. The van der Waals surface area contributed by atoms with Crippen molar-refractivity contribution in [1.82, 2.24) is 5.32 Å². The van der Waals surface area contributed by atoms with Crippen LogP contribution >= 0.6 is 24.0 Å². The highest BCUT2D eigenvalue weighted by atomic mass is 35.5. The number of hydrogen-bond acceptors (Lipinski definition) is 3. The average molecular weight is 304 g/mol. The minimum Gasteiger partial charge on any atom is -0.366 e. The van der Waals surface area contributed by atoms with Crippen LogP contribution in [0.1, 0.15) is 23.2 Å². The van der Waals surface area contributed by atoms with Crippen LogP contribution in [0.5, 0.6) is 0 Å². The third kappa shape index (κ3) is 3.83. The first-order valence-electron chi connectivity index (χ1n) is 5.71. The monoisotopic (exact) mass is 303 g/mol. The van der Waals surface area contributed by atoms with Gasteiger partial charge in [-0.15, -0.1) is 12.4 Å². The number of carbonyl (C=O) groups is 2. The Hall–Kier alpha value is -1.30. The normalized spacial score (nSPS) is 17.6. The number of rotatable bonds is 3. The second-order valence-corrected chi connectivity index (χ2v) is 4.60. The Balaban J connectivity index is 0.00000180. The number of benzene rings is 1.